The van der Waals surface area contributed by atoms with Gasteiger partial charge in [0.15, 0.2) is 5.75 Å². The van der Waals surface area contributed by atoms with Crippen LogP contribution in [0.2, 0.25) is 0 Å². The zero-order valence-electron chi connectivity index (χ0n) is 10.9. The highest BCUT2D eigenvalue weighted by Crippen LogP contribution is 2.37. The van der Waals surface area contributed by atoms with Crippen LogP contribution in [0, 0.1) is 6.92 Å². The van der Waals surface area contributed by atoms with E-state index in [4.69, 9.17) is 0 Å². The predicted octanol–water partition coefficient (Wildman–Crippen LogP) is 3.78. The average Bonchev–Trinajstić information content (AvgIpc) is 2.38. The fourth-order valence-electron chi connectivity index (χ4n) is 1.64. The Labute approximate surface area is 120 Å². The molecule has 0 bridgehead atoms. The van der Waals surface area contributed by atoms with Crippen LogP contribution < -0.4 is 4.18 Å². The molecule has 0 saturated carbocycles. The van der Waals surface area contributed by atoms with E-state index in [-0.39, 0.29) is 4.90 Å². The zero-order chi connectivity index (χ0) is 15.7. The molecule has 0 saturated heterocycles. The molecule has 112 valence electrons. The van der Waals surface area contributed by atoms with Gasteiger partial charge >= 0.3 is 16.3 Å². The molecule has 0 fully saturated rings. The van der Waals surface area contributed by atoms with Crippen LogP contribution in [-0.2, 0) is 16.3 Å². The summed E-state index contributed by atoms with van der Waals surface area (Å²) in [5, 5.41) is 0. The highest BCUT2D eigenvalue weighted by atomic mass is 32.2. The molecule has 21 heavy (non-hydrogen) atoms. The Hall–Kier alpha value is -2.02. The van der Waals surface area contributed by atoms with Gasteiger partial charge in [-0.2, -0.15) is 21.6 Å². The van der Waals surface area contributed by atoms with Crippen molar-refractivity contribution in [2.75, 3.05) is 0 Å². The van der Waals surface area contributed by atoms with Gasteiger partial charge in [-0.05, 0) is 31.2 Å². The molecule has 0 radical (unpaired) electrons. The van der Waals surface area contributed by atoms with Gasteiger partial charge in [0, 0.05) is 0 Å². The molecule has 0 aromatic heterocycles. The van der Waals surface area contributed by atoms with Crippen LogP contribution in [0.15, 0.2) is 53.4 Å². The quantitative estimate of drug-likeness (QED) is 0.809. The minimum Gasteiger partial charge on any atom is -0.378 e. The van der Waals surface area contributed by atoms with Gasteiger partial charge in [-0.25, -0.2) is 0 Å². The van der Waals surface area contributed by atoms with E-state index in [0.29, 0.717) is 0 Å². The Kier molecular flexibility index (Phi) is 3.95. The fourth-order valence-corrected chi connectivity index (χ4v) is 2.59. The highest BCUT2D eigenvalue weighted by molar-refractivity contribution is 7.87. The van der Waals surface area contributed by atoms with Crippen molar-refractivity contribution in [1.82, 2.24) is 0 Å². The second-order valence-corrected chi connectivity index (χ2v) is 5.89. The van der Waals surface area contributed by atoms with Crippen molar-refractivity contribution in [3.63, 3.8) is 0 Å². The van der Waals surface area contributed by atoms with Gasteiger partial charge in [-0.1, -0.05) is 29.8 Å². The first-order valence-corrected chi connectivity index (χ1v) is 7.28. The SMILES string of the molecule is Cc1ccc(S(=O)(=O)Oc2ccccc2C(F)(F)F)cc1. The molecule has 2 rings (SSSR count). The van der Waals surface area contributed by atoms with Crippen LogP contribution in [0.1, 0.15) is 11.1 Å². The van der Waals surface area contributed by atoms with Crippen molar-refractivity contribution in [1.29, 1.82) is 0 Å². The number of alkyl halides is 3. The van der Waals surface area contributed by atoms with E-state index in [0.717, 1.165) is 23.8 Å². The van der Waals surface area contributed by atoms with Crippen molar-refractivity contribution >= 4 is 10.1 Å². The molecule has 0 heterocycles. The maximum absolute atomic E-state index is 12.8. The van der Waals surface area contributed by atoms with E-state index < -0.39 is 27.6 Å². The predicted molar refractivity (Wildman–Crippen MR) is 70.4 cm³/mol. The zero-order valence-corrected chi connectivity index (χ0v) is 11.7. The lowest BCUT2D eigenvalue weighted by Gasteiger charge is -2.13. The number of hydrogen-bond acceptors (Lipinski definition) is 3. The lowest BCUT2D eigenvalue weighted by Crippen LogP contribution is -2.14. The molecule has 0 atom stereocenters. The van der Waals surface area contributed by atoms with E-state index >= 15 is 0 Å². The molecule has 0 N–H and O–H groups in total. The summed E-state index contributed by atoms with van der Waals surface area (Å²) in [5.41, 5.74) is -0.315. The molecule has 2 aromatic carbocycles. The van der Waals surface area contributed by atoms with Crippen LogP contribution in [0.5, 0.6) is 5.75 Å². The number of aryl methyl sites for hydroxylation is 1. The summed E-state index contributed by atoms with van der Waals surface area (Å²) < 4.78 is 67.1. The summed E-state index contributed by atoms with van der Waals surface area (Å²) in [6.45, 7) is 1.76. The van der Waals surface area contributed by atoms with E-state index in [9.17, 15) is 21.6 Å². The lowest BCUT2D eigenvalue weighted by molar-refractivity contribution is -0.138. The Morgan fingerprint density at radius 2 is 1.52 bits per heavy atom. The largest absolute Gasteiger partial charge is 0.420 e. The number of para-hydroxylation sites is 1. The Balaban J connectivity index is 2.40. The molecule has 7 heteroatoms. The molecule has 0 aliphatic rings. The smallest absolute Gasteiger partial charge is 0.378 e. The molecular weight excluding hydrogens is 305 g/mol. The number of benzene rings is 2. The van der Waals surface area contributed by atoms with Crippen molar-refractivity contribution < 1.29 is 25.8 Å². The maximum Gasteiger partial charge on any atom is 0.420 e. The Bertz CT molecular complexity index is 735. The van der Waals surface area contributed by atoms with Gasteiger partial charge in [0.1, 0.15) is 4.90 Å². The monoisotopic (exact) mass is 316 g/mol. The molecular formula is C14H11F3O3S. The van der Waals surface area contributed by atoms with Gasteiger partial charge in [0.2, 0.25) is 0 Å². The summed E-state index contributed by atoms with van der Waals surface area (Å²) in [4.78, 5) is -0.204. The summed E-state index contributed by atoms with van der Waals surface area (Å²) in [5.74, 6) is -0.745. The molecule has 0 unspecified atom stereocenters. The minimum absolute atomic E-state index is 0.204. The summed E-state index contributed by atoms with van der Waals surface area (Å²) >= 11 is 0. The van der Waals surface area contributed by atoms with Crippen LogP contribution in [-0.4, -0.2) is 8.42 Å². The van der Waals surface area contributed by atoms with Crippen molar-refractivity contribution in [2.45, 2.75) is 18.0 Å². The fraction of sp³-hybridized carbons (Fsp3) is 0.143. The number of hydrogen-bond donors (Lipinski definition) is 0. The molecule has 0 amide bonds. The van der Waals surface area contributed by atoms with Crippen LogP contribution in [0.25, 0.3) is 0 Å². The number of halogens is 3. The first-order chi connectivity index (χ1) is 9.70. The number of rotatable bonds is 3. The van der Waals surface area contributed by atoms with Crippen LogP contribution in [0.4, 0.5) is 13.2 Å². The summed E-state index contributed by atoms with van der Waals surface area (Å²) in [6, 6.07) is 9.79. The topological polar surface area (TPSA) is 43.4 Å². The van der Waals surface area contributed by atoms with E-state index in [1.807, 2.05) is 0 Å². The van der Waals surface area contributed by atoms with Crippen LogP contribution in [0.3, 0.4) is 0 Å². The van der Waals surface area contributed by atoms with Crippen LogP contribution >= 0.6 is 0 Å². The third-order valence-corrected chi connectivity index (χ3v) is 3.95. The minimum atomic E-state index is -4.70. The standard InChI is InChI=1S/C14H11F3O3S/c1-10-6-8-11(9-7-10)21(18,19)20-13-5-3-2-4-12(13)14(15,16)17/h2-9H,1H3. The van der Waals surface area contributed by atoms with Gasteiger partial charge in [0.25, 0.3) is 0 Å². The Morgan fingerprint density at radius 1 is 0.952 bits per heavy atom. The second-order valence-electron chi connectivity index (χ2n) is 4.34. The Morgan fingerprint density at radius 3 is 2.10 bits per heavy atom. The molecule has 0 spiro atoms. The van der Waals surface area contributed by atoms with Gasteiger partial charge in [0.05, 0.1) is 5.56 Å². The van der Waals surface area contributed by atoms with Crippen molar-refractivity contribution in [2.24, 2.45) is 0 Å². The van der Waals surface area contributed by atoms with Crippen molar-refractivity contribution in [3.05, 3.63) is 59.7 Å². The van der Waals surface area contributed by atoms with E-state index in [1.54, 1.807) is 6.92 Å². The highest BCUT2D eigenvalue weighted by Gasteiger charge is 2.35. The average molecular weight is 316 g/mol. The molecule has 2 aromatic rings. The summed E-state index contributed by atoms with van der Waals surface area (Å²) in [6.07, 6.45) is -4.70. The van der Waals surface area contributed by atoms with E-state index in [1.165, 1.54) is 30.3 Å². The van der Waals surface area contributed by atoms with E-state index in [2.05, 4.69) is 4.18 Å². The molecule has 0 aliphatic carbocycles. The normalized spacial score (nSPS) is 12.2. The van der Waals surface area contributed by atoms with Crippen molar-refractivity contribution in [3.8, 4) is 5.75 Å². The maximum atomic E-state index is 12.8. The first-order valence-electron chi connectivity index (χ1n) is 5.87. The third kappa shape index (κ3) is 3.55. The van der Waals surface area contributed by atoms with Gasteiger partial charge in [-0.15, -0.1) is 0 Å². The molecule has 3 nitrogen and oxygen atoms in total. The van der Waals surface area contributed by atoms with Gasteiger partial charge < -0.3 is 4.18 Å². The second kappa shape index (κ2) is 5.40. The lowest BCUT2D eigenvalue weighted by atomic mass is 10.2. The molecule has 0 aliphatic heterocycles. The first kappa shape index (κ1) is 15.4. The van der Waals surface area contributed by atoms with Gasteiger partial charge in [-0.3, -0.25) is 0 Å². The summed E-state index contributed by atoms with van der Waals surface area (Å²) in [7, 11) is -4.31. The third-order valence-electron chi connectivity index (χ3n) is 2.70.